The first-order valence-electron chi connectivity index (χ1n) is 8.88. The number of esters is 1. The van der Waals surface area contributed by atoms with Crippen LogP contribution in [0.3, 0.4) is 0 Å². The van der Waals surface area contributed by atoms with Gasteiger partial charge in [0.1, 0.15) is 27.9 Å². The number of nitrogens with zero attached hydrogens (tertiary/aromatic N) is 1. The molecule has 1 saturated carbocycles. The zero-order chi connectivity index (χ0) is 21.2. The Morgan fingerprint density at radius 3 is 2.52 bits per heavy atom. The van der Waals surface area contributed by atoms with E-state index in [4.69, 9.17) is 32.7 Å². The third-order valence-corrected chi connectivity index (χ3v) is 5.28. The van der Waals surface area contributed by atoms with E-state index < -0.39 is 18.0 Å². The molecule has 1 aliphatic carbocycles. The molecule has 1 aliphatic rings. The Kier molecular flexibility index (Phi) is 6.16. The summed E-state index contributed by atoms with van der Waals surface area (Å²) in [4.78, 5) is 12.6. The van der Waals surface area contributed by atoms with Crippen molar-refractivity contribution in [2.45, 2.75) is 20.0 Å². The van der Waals surface area contributed by atoms with Gasteiger partial charge in [-0.15, -0.1) is 0 Å². The van der Waals surface area contributed by atoms with E-state index in [1.54, 1.807) is 30.3 Å². The highest BCUT2D eigenvalue weighted by molar-refractivity contribution is 6.55. The summed E-state index contributed by atoms with van der Waals surface area (Å²) in [7, 11) is 0. The topological polar surface area (TPSA) is 59.3 Å². The van der Waals surface area contributed by atoms with Gasteiger partial charge in [-0.25, -0.2) is 4.39 Å². The van der Waals surface area contributed by atoms with Crippen LogP contribution in [0.15, 0.2) is 59.1 Å². The molecule has 3 atom stereocenters. The Hall–Kier alpha value is -2.55. The highest BCUT2D eigenvalue weighted by Crippen LogP contribution is 2.60. The van der Waals surface area contributed by atoms with Crippen molar-refractivity contribution in [2.24, 2.45) is 17.3 Å². The maximum atomic E-state index is 13.0. The molecule has 150 valence electrons. The minimum atomic E-state index is -1.09. The zero-order valence-electron chi connectivity index (χ0n) is 15.7. The summed E-state index contributed by atoms with van der Waals surface area (Å²) in [6.07, 6.45) is 0.528. The van der Waals surface area contributed by atoms with Crippen molar-refractivity contribution in [1.29, 1.82) is 5.26 Å². The number of allylic oxidation sites excluding steroid dienone is 1. The highest BCUT2D eigenvalue weighted by Gasteiger charge is 2.62. The number of nitriles is 1. The molecule has 0 N–H and O–H groups in total. The molecule has 0 spiro atoms. The standard InChI is InChI=1S/C22H18Cl2FNO3/c1-22(2)17(11-19(23)24)20(22)21(27)29-18(12-26)13-4-3-5-16(10-13)28-15-8-6-14(25)7-9-15/h3-11,17-18,20H,1-2H3/t17-,18+,20+/m1/s1. The van der Waals surface area contributed by atoms with Gasteiger partial charge in [0.05, 0.1) is 5.92 Å². The maximum absolute atomic E-state index is 13.0. The fourth-order valence-corrected chi connectivity index (χ4v) is 3.58. The molecule has 0 bridgehead atoms. The van der Waals surface area contributed by atoms with Crippen LogP contribution in [0.2, 0.25) is 0 Å². The van der Waals surface area contributed by atoms with E-state index in [-0.39, 0.29) is 21.6 Å². The number of ether oxygens (including phenoxy) is 2. The third kappa shape index (κ3) is 4.90. The van der Waals surface area contributed by atoms with Gasteiger partial charge < -0.3 is 9.47 Å². The molecule has 2 aromatic rings. The van der Waals surface area contributed by atoms with Gasteiger partial charge in [-0.2, -0.15) is 5.26 Å². The summed E-state index contributed by atoms with van der Waals surface area (Å²) >= 11 is 11.4. The summed E-state index contributed by atoms with van der Waals surface area (Å²) in [5.41, 5.74) is 0.126. The predicted molar refractivity (Wildman–Crippen MR) is 108 cm³/mol. The fourth-order valence-electron chi connectivity index (χ4n) is 3.31. The van der Waals surface area contributed by atoms with E-state index in [1.165, 1.54) is 24.3 Å². The van der Waals surface area contributed by atoms with Gasteiger partial charge in [0, 0.05) is 5.56 Å². The maximum Gasteiger partial charge on any atom is 0.311 e. The SMILES string of the molecule is CC1(C)[C@H](C=C(Cl)Cl)[C@H]1C(=O)O[C@@H](C#N)c1cccc(Oc2ccc(F)cc2)c1. The van der Waals surface area contributed by atoms with E-state index in [2.05, 4.69) is 0 Å². The summed E-state index contributed by atoms with van der Waals surface area (Å²) in [5, 5.41) is 9.52. The average Bonchev–Trinajstić information content (AvgIpc) is 3.21. The monoisotopic (exact) mass is 433 g/mol. The van der Waals surface area contributed by atoms with Crippen LogP contribution >= 0.6 is 23.2 Å². The lowest BCUT2D eigenvalue weighted by Gasteiger charge is -2.13. The van der Waals surface area contributed by atoms with Crippen molar-refractivity contribution in [3.63, 3.8) is 0 Å². The lowest BCUT2D eigenvalue weighted by molar-refractivity contribution is -0.149. The van der Waals surface area contributed by atoms with E-state index >= 15 is 0 Å². The Bertz CT molecular complexity index is 978. The predicted octanol–water partition coefficient (Wildman–Crippen LogP) is 6.32. The van der Waals surface area contributed by atoms with Gasteiger partial charge in [0.2, 0.25) is 6.10 Å². The van der Waals surface area contributed by atoms with Gasteiger partial charge in [-0.1, -0.05) is 49.2 Å². The second-order valence-corrected chi connectivity index (χ2v) is 8.36. The number of carbonyl (C=O) groups excluding carboxylic acids is 1. The second-order valence-electron chi connectivity index (χ2n) is 7.36. The van der Waals surface area contributed by atoms with Crippen LogP contribution in [0, 0.1) is 34.4 Å². The minimum Gasteiger partial charge on any atom is -0.457 e. The molecule has 0 radical (unpaired) electrons. The number of hydrogen-bond donors (Lipinski definition) is 0. The Balaban J connectivity index is 1.72. The van der Waals surface area contributed by atoms with Crippen molar-refractivity contribution < 1.29 is 18.7 Å². The average molecular weight is 434 g/mol. The van der Waals surface area contributed by atoms with E-state index in [0.717, 1.165) is 0 Å². The lowest BCUT2D eigenvalue weighted by Crippen LogP contribution is -2.14. The summed E-state index contributed by atoms with van der Waals surface area (Å²) < 4.78 is 24.3. The van der Waals surface area contributed by atoms with Gasteiger partial charge in [-0.05, 0) is 53.8 Å². The van der Waals surface area contributed by atoms with Crippen molar-refractivity contribution >= 4 is 29.2 Å². The number of benzene rings is 2. The molecule has 0 amide bonds. The molecule has 0 aliphatic heterocycles. The van der Waals surface area contributed by atoms with Gasteiger partial charge >= 0.3 is 5.97 Å². The molecule has 29 heavy (non-hydrogen) atoms. The zero-order valence-corrected chi connectivity index (χ0v) is 17.2. The van der Waals surface area contributed by atoms with E-state index in [1.807, 2.05) is 19.9 Å². The lowest BCUT2D eigenvalue weighted by atomic mass is 10.1. The quantitative estimate of drug-likeness (QED) is 0.500. The first-order chi connectivity index (χ1) is 13.7. The minimum absolute atomic E-state index is 0.0980. The second kappa shape index (κ2) is 8.44. The van der Waals surface area contributed by atoms with Crippen LogP contribution in [0.25, 0.3) is 0 Å². The summed E-state index contributed by atoms with van der Waals surface area (Å²) in [5.74, 6) is -0.540. The highest BCUT2D eigenvalue weighted by atomic mass is 35.5. The molecule has 0 aromatic heterocycles. The van der Waals surface area contributed by atoms with Crippen molar-refractivity contribution in [3.8, 4) is 17.6 Å². The number of halogens is 3. The normalized spacial score (nSPS) is 20.1. The van der Waals surface area contributed by atoms with Crippen LogP contribution in [0.4, 0.5) is 4.39 Å². The van der Waals surface area contributed by atoms with Crippen molar-refractivity contribution in [2.75, 3.05) is 0 Å². The number of carbonyl (C=O) groups is 1. The summed E-state index contributed by atoms with van der Waals surface area (Å²) in [6.45, 7) is 3.82. The largest absolute Gasteiger partial charge is 0.457 e. The van der Waals surface area contributed by atoms with Crippen LogP contribution in [-0.4, -0.2) is 5.97 Å². The van der Waals surface area contributed by atoms with Gasteiger partial charge in [-0.3, -0.25) is 4.79 Å². The Morgan fingerprint density at radius 1 is 1.21 bits per heavy atom. The van der Waals surface area contributed by atoms with Crippen molar-refractivity contribution in [1.82, 2.24) is 0 Å². The molecule has 0 heterocycles. The van der Waals surface area contributed by atoms with Crippen LogP contribution in [0.1, 0.15) is 25.5 Å². The molecule has 2 aromatic carbocycles. The number of rotatable bonds is 6. The molecular weight excluding hydrogens is 416 g/mol. The van der Waals surface area contributed by atoms with Crippen molar-refractivity contribution in [3.05, 3.63) is 70.5 Å². The molecule has 0 saturated heterocycles. The molecule has 3 rings (SSSR count). The molecule has 7 heteroatoms. The van der Waals surface area contributed by atoms with Crippen LogP contribution in [-0.2, 0) is 9.53 Å². The van der Waals surface area contributed by atoms with Gasteiger partial charge in [0.15, 0.2) is 0 Å². The van der Waals surface area contributed by atoms with E-state index in [9.17, 15) is 14.4 Å². The van der Waals surface area contributed by atoms with Gasteiger partial charge in [0.25, 0.3) is 0 Å². The Labute approximate surface area is 178 Å². The first kappa shape index (κ1) is 21.2. The molecule has 4 nitrogen and oxygen atoms in total. The third-order valence-electron chi connectivity index (χ3n) is 5.03. The first-order valence-corrected chi connectivity index (χ1v) is 9.64. The van der Waals surface area contributed by atoms with Crippen LogP contribution in [0.5, 0.6) is 11.5 Å². The molecule has 1 fully saturated rings. The molecular formula is C22H18Cl2FNO3. The number of hydrogen-bond acceptors (Lipinski definition) is 4. The van der Waals surface area contributed by atoms with Crippen LogP contribution < -0.4 is 4.74 Å². The van der Waals surface area contributed by atoms with E-state index in [0.29, 0.717) is 17.1 Å². The summed E-state index contributed by atoms with van der Waals surface area (Å²) in [6, 6.07) is 14.2. The molecule has 0 unspecified atom stereocenters. The smallest absolute Gasteiger partial charge is 0.311 e. The Morgan fingerprint density at radius 2 is 1.90 bits per heavy atom. The fraction of sp³-hybridized carbons (Fsp3) is 0.273.